The van der Waals surface area contributed by atoms with E-state index in [0.717, 1.165) is 22.5 Å². The van der Waals surface area contributed by atoms with E-state index in [1.165, 1.54) is 71.6 Å². The van der Waals surface area contributed by atoms with Crippen LogP contribution in [-0.4, -0.2) is 9.97 Å². The Balaban J connectivity index is 0.000000227. The van der Waals surface area contributed by atoms with Crippen LogP contribution in [0.1, 0.15) is 27.8 Å². The van der Waals surface area contributed by atoms with Gasteiger partial charge in [0, 0.05) is 32.5 Å². The molecule has 0 amide bonds. The van der Waals surface area contributed by atoms with Crippen LogP contribution >= 0.6 is 0 Å². The number of nitrogens with zero attached hydrogens (tertiary/aromatic N) is 2. The normalized spacial score (nSPS) is 10.7. The molecule has 50 heavy (non-hydrogen) atoms. The molecule has 0 N–H and O–H groups in total. The van der Waals surface area contributed by atoms with Crippen molar-refractivity contribution in [1.82, 2.24) is 9.97 Å². The summed E-state index contributed by atoms with van der Waals surface area (Å²) in [4.78, 5) is 9.12. The predicted octanol–water partition coefficient (Wildman–Crippen LogP) is 12.3. The minimum Gasteiger partial charge on any atom is -0.305 e. The van der Waals surface area contributed by atoms with Gasteiger partial charge in [-0.15, -0.1) is 70.8 Å². The number of hydrogen-bond acceptors (Lipinski definition) is 2. The molecule has 0 bridgehead atoms. The van der Waals surface area contributed by atoms with E-state index in [2.05, 4.69) is 167 Å². The van der Waals surface area contributed by atoms with Crippen molar-refractivity contribution in [1.29, 1.82) is 0 Å². The fraction of sp³-hybridized carbons (Fsp3) is 0.106. The molecule has 2 nitrogen and oxygen atoms in total. The monoisotopic (exact) mass is 823 g/mol. The molecule has 6 aromatic carbocycles. The second kappa shape index (κ2) is 15.1. The van der Waals surface area contributed by atoms with E-state index in [1.807, 2.05) is 24.5 Å². The van der Waals surface area contributed by atoms with Crippen molar-refractivity contribution < 1.29 is 20.1 Å². The number of aromatic nitrogens is 2. The van der Waals surface area contributed by atoms with Gasteiger partial charge in [-0.2, -0.15) is 0 Å². The Morgan fingerprint density at radius 3 is 1.96 bits per heavy atom. The maximum Gasteiger partial charge on any atom is 0.0192 e. The van der Waals surface area contributed by atoms with Gasteiger partial charge >= 0.3 is 0 Å². The summed E-state index contributed by atoms with van der Waals surface area (Å²) in [5, 5.41) is 5.07. The summed E-state index contributed by atoms with van der Waals surface area (Å²) in [6, 6.07) is 51.6. The van der Waals surface area contributed by atoms with Gasteiger partial charge in [0.05, 0.1) is 0 Å². The van der Waals surface area contributed by atoms with Crippen LogP contribution in [0.4, 0.5) is 0 Å². The molecule has 0 saturated heterocycles. The first-order chi connectivity index (χ1) is 23.9. The zero-order valence-electron chi connectivity index (χ0n) is 29.0. The summed E-state index contributed by atoms with van der Waals surface area (Å²) in [6.07, 6.45) is 3.82. The summed E-state index contributed by atoms with van der Waals surface area (Å²) in [6.45, 7) is 10.6. The van der Waals surface area contributed by atoms with Crippen molar-refractivity contribution in [3.63, 3.8) is 0 Å². The van der Waals surface area contributed by atoms with Gasteiger partial charge in [0.1, 0.15) is 0 Å². The van der Waals surface area contributed by atoms with Gasteiger partial charge in [-0.25, -0.2) is 0 Å². The Kier molecular flexibility index (Phi) is 10.5. The average Bonchev–Trinajstić information content (AvgIpc) is 3.13. The molecule has 0 saturated carbocycles. The standard InChI is InChI=1S/C33H24N.C14H14N.Ir/c1-22-9-7-10-23(2)33(22)27-17-18-34-32(21-27)26-13-8-12-24(19-26)31-20-25-11-3-4-14-28(25)29-15-5-6-16-30(29)31;1-10-4-6-13(7-5-10)14-8-11(2)12(3)9-15-14;/h3-12,14-21H,1-2H3;4-6,8-9H,1-3H3;/q2*-1;. The fourth-order valence-corrected chi connectivity index (χ4v) is 6.51. The van der Waals surface area contributed by atoms with Gasteiger partial charge in [0.2, 0.25) is 0 Å². The largest absolute Gasteiger partial charge is 0.305 e. The van der Waals surface area contributed by atoms with Crippen LogP contribution in [-0.2, 0) is 20.1 Å². The Hall–Kier alpha value is -5.21. The summed E-state index contributed by atoms with van der Waals surface area (Å²) >= 11 is 0. The van der Waals surface area contributed by atoms with Crippen LogP contribution in [0.5, 0.6) is 0 Å². The molecule has 1 radical (unpaired) electrons. The van der Waals surface area contributed by atoms with Gasteiger partial charge in [0.15, 0.2) is 0 Å². The number of fused-ring (bicyclic) bond motifs is 3. The van der Waals surface area contributed by atoms with Crippen molar-refractivity contribution in [2.75, 3.05) is 0 Å². The summed E-state index contributed by atoms with van der Waals surface area (Å²) < 4.78 is 0. The fourth-order valence-electron chi connectivity index (χ4n) is 6.51. The molecule has 0 fully saturated rings. The molecule has 0 aliphatic heterocycles. The van der Waals surface area contributed by atoms with E-state index in [9.17, 15) is 0 Å². The van der Waals surface area contributed by atoms with Gasteiger partial charge in [-0.3, -0.25) is 0 Å². The van der Waals surface area contributed by atoms with Crippen molar-refractivity contribution in [3.05, 3.63) is 180 Å². The number of aryl methyl sites for hydroxylation is 5. The van der Waals surface area contributed by atoms with Crippen LogP contribution in [0.2, 0.25) is 0 Å². The first kappa shape index (κ1) is 34.6. The molecule has 0 atom stereocenters. The Morgan fingerprint density at radius 1 is 0.500 bits per heavy atom. The van der Waals surface area contributed by atoms with Gasteiger partial charge < -0.3 is 9.97 Å². The first-order valence-electron chi connectivity index (χ1n) is 16.7. The molecule has 8 aromatic rings. The number of benzene rings is 6. The van der Waals surface area contributed by atoms with Crippen molar-refractivity contribution >= 4 is 21.5 Å². The molecule has 2 heterocycles. The molecule has 2 aromatic heterocycles. The van der Waals surface area contributed by atoms with Crippen LogP contribution in [0.3, 0.4) is 0 Å². The SMILES string of the molecule is Cc1c[c-]c(-c2cc(C)c(C)cn2)cc1.Cc1cccc(C)c1-c1ccnc(-c2[c-]ccc(-c3cc4ccccc4c4ccccc34)c2)c1.[Ir]. The van der Waals surface area contributed by atoms with Gasteiger partial charge in [-0.1, -0.05) is 91.3 Å². The minimum absolute atomic E-state index is 0. The number of hydrogen-bond donors (Lipinski definition) is 0. The first-order valence-corrected chi connectivity index (χ1v) is 16.7. The Bertz CT molecular complexity index is 2420. The van der Waals surface area contributed by atoms with Crippen molar-refractivity contribution in [2.45, 2.75) is 34.6 Å². The Morgan fingerprint density at radius 2 is 1.22 bits per heavy atom. The third-order valence-electron chi connectivity index (χ3n) is 9.30. The summed E-state index contributed by atoms with van der Waals surface area (Å²) in [5.41, 5.74) is 15.2. The quantitative estimate of drug-likeness (QED) is 0.131. The number of rotatable bonds is 4. The van der Waals surface area contributed by atoms with E-state index in [1.54, 1.807) is 0 Å². The molecule has 247 valence electrons. The molecular formula is C47H38IrN2-2. The molecular weight excluding hydrogens is 785 g/mol. The zero-order valence-corrected chi connectivity index (χ0v) is 31.4. The molecule has 0 unspecified atom stereocenters. The topological polar surface area (TPSA) is 25.8 Å². The molecule has 0 aliphatic carbocycles. The van der Waals surface area contributed by atoms with Crippen LogP contribution in [0, 0.1) is 46.8 Å². The van der Waals surface area contributed by atoms with Crippen molar-refractivity contribution in [3.8, 4) is 44.8 Å². The maximum absolute atomic E-state index is 4.71. The summed E-state index contributed by atoms with van der Waals surface area (Å²) in [7, 11) is 0. The van der Waals surface area contributed by atoms with Crippen LogP contribution in [0.25, 0.3) is 66.3 Å². The third kappa shape index (κ3) is 7.21. The molecule has 3 heteroatoms. The van der Waals surface area contributed by atoms with E-state index in [0.29, 0.717) is 0 Å². The van der Waals surface area contributed by atoms with E-state index in [-0.39, 0.29) is 20.1 Å². The number of pyridine rings is 2. The summed E-state index contributed by atoms with van der Waals surface area (Å²) in [5.74, 6) is 0. The predicted molar refractivity (Wildman–Crippen MR) is 207 cm³/mol. The van der Waals surface area contributed by atoms with Crippen LogP contribution in [0.15, 0.2) is 140 Å². The van der Waals surface area contributed by atoms with E-state index >= 15 is 0 Å². The second-order valence-electron chi connectivity index (χ2n) is 12.8. The van der Waals surface area contributed by atoms with Gasteiger partial charge in [0.25, 0.3) is 0 Å². The maximum atomic E-state index is 4.71. The van der Waals surface area contributed by atoms with Crippen molar-refractivity contribution in [2.24, 2.45) is 0 Å². The van der Waals surface area contributed by atoms with Gasteiger partial charge in [-0.05, 0) is 106 Å². The third-order valence-corrected chi connectivity index (χ3v) is 9.30. The molecule has 8 rings (SSSR count). The molecule has 0 aliphatic rings. The van der Waals surface area contributed by atoms with E-state index in [4.69, 9.17) is 4.98 Å². The zero-order chi connectivity index (χ0) is 33.9. The second-order valence-corrected chi connectivity index (χ2v) is 12.8. The molecule has 0 spiro atoms. The Labute approximate surface area is 309 Å². The van der Waals surface area contributed by atoms with Crippen LogP contribution < -0.4 is 0 Å². The van der Waals surface area contributed by atoms with E-state index < -0.39 is 0 Å². The minimum atomic E-state index is 0. The average molecular weight is 823 g/mol. The smallest absolute Gasteiger partial charge is 0.0192 e.